The number of ether oxygens (including phenoxy) is 2. The van der Waals surface area contributed by atoms with E-state index in [1.54, 1.807) is 20.8 Å². The number of amides is 1. The molecule has 102 valence electrons. The second-order valence-electron chi connectivity index (χ2n) is 5.94. The lowest BCUT2D eigenvalue weighted by Crippen LogP contribution is -2.56. The van der Waals surface area contributed by atoms with E-state index in [2.05, 4.69) is 0 Å². The Morgan fingerprint density at radius 3 is 2.50 bits per heavy atom. The van der Waals surface area contributed by atoms with E-state index >= 15 is 0 Å². The lowest BCUT2D eigenvalue weighted by Gasteiger charge is -2.39. The van der Waals surface area contributed by atoms with Gasteiger partial charge in [-0.15, -0.1) is 0 Å². The van der Waals surface area contributed by atoms with E-state index in [1.165, 1.54) is 4.90 Å². The van der Waals surface area contributed by atoms with Gasteiger partial charge in [0.05, 0.1) is 0 Å². The Labute approximate surface area is 111 Å². The van der Waals surface area contributed by atoms with Crippen LogP contribution in [0.1, 0.15) is 33.6 Å². The normalized spacial score (nSPS) is 29.8. The summed E-state index contributed by atoms with van der Waals surface area (Å²) in [6.45, 7) is 5.96. The molecule has 2 heterocycles. The van der Waals surface area contributed by atoms with Gasteiger partial charge in [0.1, 0.15) is 11.1 Å². The Kier molecular flexibility index (Phi) is 3.21. The molecule has 0 atom stereocenters. The van der Waals surface area contributed by atoms with Crippen LogP contribution >= 0.6 is 11.6 Å². The van der Waals surface area contributed by atoms with Gasteiger partial charge in [-0.2, -0.15) is 0 Å². The monoisotopic (exact) mass is 275 g/mol. The van der Waals surface area contributed by atoms with Crippen molar-refractivity contribution in [3.63, 3.8) is 0 Å². The molecule has 3 fully saturated rings. The molecule has 2 saturated heterocycles. The zero-order valence-electron chi connectivity index (χ0n) is 10.9. The molecule has 0 spiro atoms. The van der Waals surface area contributed by atoms with Gasteiger partial charge in [0, 0.05) is 6.54 Å². The fourth-order valence-electron chi connectivity index (χ4n) is 2.70. The molecule has 0 radical (unpaired) electrons. The average Bonchev–Trinajstić information content (AvgIpc) is 2.68. The van der Waals surface area contributed by atoms with Gasteiger partial charge in [-0.3, -0.25) is 4.90 Å². The first-order valence-electron chi connectivity index (χ1n) is 6.02. The van der Waals surface area contributed by atoms with Gasteiger partial charge in [0.2, 0.25) is 0 Å². The first-order valence-corrected chi connectivity index (χ1v) is 6.56. The number of esters is 1. The summed E-state index contributed by atoms with van der Waals surface area (Å²) < 4.78 is 10.2. The molecule has 0 aromatic heterocycles. The number of hydrogen-bond acceptors (Lipinski definition) is 4. The third-order valence-electron chi connectivity index (χ3n) is 3.39. The number of carbonyl (C=O) groups is 2. The second kappa shape index (κ2) is 4.30. The molecule has 1 aliphatic carbocycles. The molecule has 2 bridgehead atoms. The molecular weight excluding hydrogens is 258 g/mol. The molecule has 0 N–H and O–H groups in total. The number of nitrogens with zero attached hydrogens (tertiary/aromatic N) is 1. The molecule has 0 aromatic rings. The summed E-state index contributed by atoms with van der Waals surface area (Å²) in [5, 5.41) is 0. The average molecular weight is 276 g/mol. The van der Waals surface area contributed by atoms with Gasteiger partial charge < -0.3 is 9.47 Å². The van der Waals surface area contributed by atoms with Gasteiger partial charge in [0.25, 0.3) is 0 Å². The Bertz CT molecular complexity index is 371. The quantitative estimate of drug-likeness (QED) is 0.572. The number of carbonyl (C=O) groups excluding carboxylic acids is 2. The lowest BCUT2D eigenvalue weighted by atomic mass is 9.73. The van der Waals surface area contributed by atoms with Crippen LogP contribution in [0.15, 0.2) is 0 Å². The van der Waals surface area contributed by atoms with Crippen LogP contribution in [0.5, 0.6) is 0 Å². The Balaban J connectivity index is 2.09. The highest BCUT2D eigenvalue weighted by Gasteiger charge is 2.64. The van der Waals surface area contributed by atoms with Crippen molar-refractivity contribution in [3.8, 4) is 0 Å². The van der Waals surface area contributed by atoms with Crippen molar-refractivity contribution >= 4 is 23.7 Å². The van der Waals surface area contributed by atoms with Crippen LogP contribution in [0.25, 0.3) is 0 Å². The summed E-state index contributed by atoms with van der Waals surface area (Å²) >= 11 is 5.41. The largest absolute Gasteiger partial charge is 0.448 e. The number of hydrogen-bond donors (Lipinski definition) is 0. The molecule has 0 unspecified atom stereocenters. The van der Waals surface area contributed by atoms with Crippen LogP contribution in [0.3, 0.4) is 0 Å². The maximum absolute atomic E-state index is 12.1. The van der Waals surface area contributed by atoms with E-state index in [4.69, 9.17) is 21.1 Å². The fourth-order valence-corrected chi connectivity index (χ4v) is 2.80. The highest BCUT2D eigenvalue weighted by atomic mass is 35.5. The van der Waals surface area contributed by atoms with Gasteiger partial charge in [-0.05, 0) is 39.5 Å². The second-order valence-corrected chi connectivity index (χ2v) is 6.16. The van der Waals surface area contributed by atoms with Crippen molar-refractivity contribution in [2.75, 3.05) is 12.6 Å². The van der Waals surface area contributed by atoms with Crippen molar-refractivity contribution in [3.05, 3.63) is 0 Å². The third kappa shape index (κ3) is 2.16. The SMILES string of the molecule is CC(C)(C)OC(=O)N1CC2CC1(C(=O)OCCl)C2. The Hall–Kier alpha value is -0.970. The van der Waals surface area contributed by atoms with Crippen LogP contribution in [0.2, 0.25) is 0 Å². The van der Waals surface area contributed by atoms with Crippen LogP contribution in [-0.2, 0) is 14.3 Å². The molecule has 2 aliphatic heterocycles. The van der Waals surface area contributed by atoms with Gasteiger partial charge in [0.15, 0.2) is 6.07 Å². The zero-order chi connectivity index (χ0) is 13.6. The Morgan fingerprint density at radius 1 is 1.39 bits per heavy atom. The molecule has 1 amide bonds. The summed E-state index contributed by atoms with van der Waals surface area (Å²) in [5.74, 6) is -0.0440. The standard InChI is InChI=1S/C12H18ClNO4/c1-11(2,3)18-10(16)14-6-8-4-12(14,5-8)9(15)17-7-13/h8H,4-7H2,1-3H3. The maximum Gasteiger partial charge on any atom is 0.411 e. The van der Waals surface area contributed by atoms with Crippen molar-refractivity contribution in [1.29, 1.82) is 0 Å². The smallest absolute Gasteiger partial charge is 0.411 e. The van der Waals surface area contributed by atoms with E-state index < -0.39 is 23.2 Å². The van der Waals surface area contributed by atoms with E-state index in [-0.39, 0.29) is 6.07 Å². The van der Waals surface area contributed by atoms with Gasteiger partial charge >= 0.3 is 12.1 Å². The Morgan fingerprint density at radius 2 is 2.00 bits per heavy atom. The molecule has 3 aliphatic rings. The van der Waals surface area contributed by atoms with Crippen molar-refractivity contribution in [1.82, 2.24) is 4.90 Å². The number of fused-ring (bicyclic) bond motifs is 1. The lowest BCUT2D eigenvalue weighted by molar-refractivity contribution is -0.157. The summed E-state index contributed by atoms with van der Waals surface area (Å²) in [4.78, 5) is 25.5. The topological polar surface area (TPSA) is 55.8 Å². The van der Waals surface area contributed by atoms with Crippen LogP contribution in [0, 0.1) is 5.92 Å². The minimum Gasteiger partial charge on any atom is -0.448 e. The third-order valence-corrected chi connectivity index (χ3v) is 3.50. The summed E-state index contributed by atoms with van der Waals surface area (Å²) in [6, 6.07) is -0.187. The van der Waals surface area contributed by atoms with Gasteiger partial charge in [-0.1, -0.05) is 11.6 Å². The minimum absolute atomic E-state index is 0.187. The fraction of sp³-hybridized carbons (Fsp3) is 0.833. The summed E-state index contributed by atoms with van der Waals surface area (Å²) in [6.07, 6.45) is 0.859. The first-order chi connectivity index (χ1) is 8.28. The number of rotatable bonds is 2. The van der Waals surface area contributed by atoms with Gasteiger partial charge in [-0.25, -0.2) is 9.59 Å². The zero-order valence-corrected chi connectivity index (χ0v) is 11.6. The maximum atomic E-state index is 12.1. The van der Waals surface area contributed by atoms with E-state index in [9.17, 15) is 9.59 Å². The summed E-state index contributed by atoms with van der Waals surface area (Å²) in [5.41, 5.74) is -1.40. The van der Waals surface area contributed by atoms with Crippen molar-refractivity contribution in [2.24, 2.45) is 5.92 Å². The molecule has 18 heavy (non-hydrogen) atoms. The molecule has 3 rings (SSSR count). The summed E-state index contributed by atoms with van der Waals surface area (Å²) in [7, 11) is 0. The molecular formula is C12H18ClNO4. The highest BCUT2D eigenvalue weighted by molar-refractivity contribution is 6.17. The van der Waals surface area contributed by atoms with E-state index in [0.29, 0.717) is 25.3 Å². The predicted octanol–water partition coefficient (Wildman–Crippen LogP) is 2.13. The van der Waals surface area contributed by atoms with E-state index in [1.807, 2.05) is 0 Å². The molecule has 5 nitrogen and oxygen atoms in total. The van der Waals surface area contributed by atoms with Crippen molar-refractivity contribution in [2.45, 2.75) is 44.8 Å². The molecule has 1 saturated carbocycles. The first kappa shape index (κ1) is 13.5. The highest BCUT2D eigenvalue weighted by Crippen LogP contribution is 2.51. The number of alkyl halides is 1. The van der Waals surface area contributed by atoms with E-state index in [0.717, 1.165) is 0 Å². The minimum atomic E-state index is -0.831. The number of halogens is 1. The van der Waals surface area contributed by atoms with Crippen molar-refractivity contribution < 1.29 is 19.1 Å². The van der Waals surface area contributed by atoms with Crippen LogP contribution < -0.4 is 0 Å². The van der Waals surface area contributed by atoms with Crippen LogP contribution in [0.4, 0.5) is 4.79 Å². The predicted molar refractivity (Wildman–Crippen MR) is 65.2 cm³/mol. The van der Waals surface area contributed by atoms with Crippen LogP contribution in [-0.4, -0.2) is 40.7 Å². The molecule has 0 aromatic carbocycles. The molecule has 6 heteroatoms.